The number of benzene rings is 1. The molecular formula is C18H29N3O5S. The lowest BCUT2D eigenvalue weighted by Gasteiger charge is -2.29. The summed E-state index contributed by atoms with van der Waals surface area (Å²) in [4.78, 5) is 16.1. The maximum Gasteiger partial charge on any atom is 0.320 e. The van der Waals surface area contributed by atoms with E-state index in [4.69, 9.17) is 9.47 Å². The van der Waals surface area contributed by atoms with Gasteiger partial charge in [0.2, 0.25) is 0 Å². The molecule has 8 nitrogen and oxygen atoms in total. The average molecular weight is 400 g/mol. The van der Waals surface area contributed by atoms with E-state index in [1.165, 1.54) is 0 Å². The van der Waals surface area contributed by atoms with Gasteiger partial charge in [-0.2, -0.15) is 0 Å². The average Bonchev–Trinajstić information content (AvgIpc) is 2.96. The third-order valence-corrected chi connectivity index (χ3v) is 6.05. The first-order valence-electron chi connectivity index (χ1n) is 9.06. The van der Waals surface area contributed by atoms with Crippen molar-refractivity contribution in [1.82, 2.24) is 15.1 Å². The van der Waals surface area contributed by atoms with Crippen LogP contribution in [0.4, 0.5) is 4.79 Å². The second-order valence-electron chi connectivity index (χ2n) is 6.73. The van der Waals surface area contributed by atoms with Crippen LogP contribution in [0.25, 0.3) is 0 Å². The minimum Gasteiger partial charge on any atom is -0.494 e. The Hall–Kier alpha value is -2.00. The zero-order valence-corrected chi connectivity index (χ0v) is 17.0. The lowest BCUT2D eigenvalue weighted by Crippen LogP contribution is -2.49. The van der Waals surface area contributed by atoms with Gasteiger partial charge in [-0.25, -0.2) is 13.2 Å². The number of rotatable bonds is 9. The number of nitrogens with one attached hydrogen (secondary N) is 1. The molecule has 0 bridgehead atoms. The number of carbonyl (C=O) groups is 1. The molecule has 0 aliphatic carbocycles. The zero-order chi connectivity index (χ0) is 19.9. The van der Waals surface area contributed by atoms with E-state index < -0.39 is 9.84 Å². The second-order valence-corrected chi connectivity index (χ2v) is 8.96. The maximum atomic E-state index is 12.6. The molecule has 1 aliphatic heterocycles. The molecule has 1 fully saturated rings. The largest absolute Gasteiger partial charge is 0.494 e. The molecular weight excluding hydrogens is 370 g/mol. The number of hydrogen-bond acceptors (Lipinski definition) is 6. The highest BCUT2D eigenvalue weighted by molar-refractivity contribution is 7.91. The minimum absolute atomic E-state index is 0.00471. The van der Waals surface area contributed by atoms with Crippen LogP contribution in [-0.2, 0) is 9.84 Å². The van der Waals surface area contributed by atoms with Crippen molar-refractivity contribution in [3.05, 3.63) is 24.3 Å². The van der Waals surface area contributed by atoms with Gasteiger partial charge in [-0.3, -0.25) is 0 Å². The number of likely N-dealkylation sites (N-methyl/N-ethyl adjacent to an activating group) is 1. The van der Waals surface area contributed by atoms with Crippen molar-refractivity contribution >= 4 is 15.9 Å². The van der Waals surface area contributed by atoms with Gasteiger partial charge in [0.05, 0.1) is 18.1 Å². The lowest BCUT2D eigenvalue weighted by molar-refractivity contribution is 0.162. The number of ether oxygens (including phenoxy) is 2. The summed E-state index contributed by atoms with van der Waals surface area (Å²) in [6, 6.07) is 6.53. The third-order valence-electron chi connectivity index (χ3n) is 4.30. The van der Waals surface area contributed by atoms with Gasteiger partial charge in [-0.1, -0.05) is 0 Å². The summed E-state index contributed by atoms with van der Waals surface area (Å²) in [6.45, 7) is 3.63. The molecule has 152 valence electrons. The van der Waals surface area contributed by atoms with Crippen LogP contribution in [0.3, 0.4) is 0 Å². The van der Waals surface area contributed by atoms with Crippen molar-refractivity contribution in [1.29, 1.82) is 0 Å². The lowest BCUT2D eigenvalue weighted by atomic mass is 10.2. The van der Waals surface area contributed by atoms with E-state index >= 15 is 0 Å². The second kappa shape index (κ2) is 9.80. The van der Waals surface area contributed by atoms with Gasteiger partial charge in [0.15, 0.2) is 16.6 Å². The first-order chi connectivity index (χ1) is 12.8. The zero-order valence-electron chi connectivity index (χ0n) is 16.2. The SMILES string of the molecule is CCOc1ccc(OCNC(=O)N(CCN(C)C)C2CCS(=O)(=O)C2)cc1. The summed E-state index contributed by atoms with van der Waals surface area (Å²) < 4.78 is 34.5. The van der Waals surface area contributed by atoms with Gasteiger partial charge < -0.3 is 24.6 Å². The van der Waals surface area contributed by atoms with Crippen molar-refractivity contribution in [3.8, 4) is 11.5 Å². The van der Waals surface area contributed by atoms with E-state index in [1.807, 2.05) is 25.9 Å². The fourth-order valence-electron chi connectivity index (χ4n) is 2.86. The molecule has 9 heteroatoms. The molecule has 1 aromatic carbocycles. The summed E-state index contributed by atoms with van der Waals surface area (Å²) in [5.74, 6) is 1.52. The van der Waals surface area contributed by atoms with Crippen LogP contribution in [-0.4, -0.2) is 82.3 Å². The molecule has 1 aliphatic rings. The van der Waals surface area contributed by atoms with Crippen molar-refractivity contribution in [2.75, 3.05) is 52.0 Å². The summed E-state index contributed by atoms with van der Waals surface area (Å²) in [5, 5.41) is 2.72. The van der Waals surface area contributed by atoms with Crippen molar-refractivity contribution in [2.24, 2.45) is 0 Å². The number of carbonyl (C=O) groups excluding carboxylic acids is 1. The van der Waals surface area contributed by atoms with E-state index in [0.717, 1.165) is 5.75 Å². The van der Waals surface area contributed by atoms with Crippen LogP contribution in [0, 0.1) is 0 Å². The van der Waals surface area contributed by atoms with Gasteiger partial charge in [-0.05, 0) is 51.7 Å². The predicted molar refractivity (Wildman–Crippen MR) is 104 cm³/mol. The Bertz CT molecular complexity index is 706. The van der Waals surface area contributed by atoms with Crippen LogP contribution in [0.1, 0.15) is 13.3 Å². The quantitative estimate of drug-likeness (QED) is 0.628. The van der Waals surface area contributed by atoms with Crippen LogP contribution < -0.4 is 14.8 Å². The van der Waals surface area contributed by atoms with E-state index in [1.54, 1.807) is 29.2 Å². The van der Waals surface area contributed by atoms with Crippen molar-refractivity contribution < 1.29 is 22.7 Å². The molecule has 1 unspecified atom stereocenters. The Kier molecular flexibility index (Phi) is 7.73. The van der Waals surface area contributed by atoms with Crippen LogP contribution >= 0.6 is 0 Å². The Labute approximate surface area is 161 Å². The smallest absolute Gasteiger partial charge is 0.320 e. The number of sulfone groups is 1. The Morgan fingerprint density at radius 2 is 1.78 bits per heavy atom. The maximum absolute atomic E-state index is 12.6. The van der Waals surface area contributed by atoms with Gasteiger partial charge in [0.1, 0.15) is 11.5 Å². The van der Waals surface area contributed by atoms with Crippen molar-refractivity contribution in [3.63, 3.8) is 0 Å². The van der Waals surface area contributed by atoms with Gasteiger partial charge in [0.25, 0.3) is 0 Å². The van der Waals surface area contributed by atoms with E-state index in [9.17, 15) is 13.2 Å². The Balaban J connectivity index is 1.88. The standard InChI is InChI=1S/C18H29N3O5S/c1-4-25-16-5-7-17(8-6-16)26-14-19-18(22)21(11-10-20(2)3)15-9-12-27(23,24)13-15/h5-8,15H,4,9-14H2,1-3H3,(H,19,22). The molecule has 0 radical (unpaired) electrons. The summed E-state index contributed by atoms with van der Waals surface area (Å²) >= 11 is 0. The fraction of sp³-hybridized carbons (Fsp3) is 0.611. The monoisotopic (exact) mass is 399 g/mol. The van der Waals surface area contributed by atoms with Gasteiger partial charge in [-0.15, -0.1) is 0 Å². The molecule has 1 atom stereocenters. The Morgan fingerprint density at radius 3 is 2.30 bits per heavy atom. The first-order valence-corrected chi connectivity index (χ1v) is 10.9. The van der Waals surface area contributed by atoms with Crippen LogP contribution in [0.15, 0.2) is 24.3 Å². The molecule has 2 amide bonds. The number of amides is 2. The summed E-state index contributed by atoms with van der Waals surface area (Å²) in [5.41, 5.74) is 0. The van der Waals surface area contributed by atoms with E-state index in [0.29, 0.717) is 31.9 Å². The molecule has 1 aromatic rings. The Morgan fingerprint density at radius 1 is 1.15 bits per heavy atom. The highest BCUT2D eigenvalue weighted by Gasteiger charge is 2.34. The van der Waals surface area contributed by atoms with Crippen molar-refractivity contribution in [2.45, 2.75) is 19.4 Å². The highest BCUT2D eigenvalue weighted by Crippen LogP contribution is 2.19. The van der Waals surface area contributed by atoms with E-state index in [2.05, 4.69) is 5.32 Å². The first kappa shape index (κ1) is 21.3. The predicted octanol–water partition coefficient (Wildman–Crippen LogP) is 1.18. The van der Waals surface area contributed by atoms with Gasteiger partial charge in [0, 0.05) is 19.1 Å². The molecule has 1 heterocycles. The molecule has 1 saturated heterocycles. The summed E-state index contributed by atoms with van der Waals surface area (Å²) in [6.07, 6.45) is 0.475. The molecule has 27 heavy (non-hydrogen) atoms. The van der Waals surface area contributed by atoms with Crippen LogP contribution in [0.2, 0.25) is 0 Å². The highest BCUT2D eigenvalue weighted by atomic mass is 32.2. The van der Waals surface area contributed by atoms with E-state index in [-0.39, 0.29) is 30.3 Å². The molecule has 0 aromatic heterocycles. The fourth-order valence-corrected chi connectivity index (χ4v) is 4.59. The van der Waals surface area contributed by atoms with Gasteiger partial charge >= 0.3 is 6.03 Å². The molecule has 0 saturated carbocycles. The van der Waals surface area contributed by atoms with Crippen LogP contribution in [0.5, 0.6) is 11.5 Å². The normalized spacial score (nSPS) is 18.3. The third kappa shape index (κ3) is 6.91. The molecule has 1 N–H and O–H groups in total. The molecule has 2 rings (SSSR count). The number of urea groups is 1. The number of hydrogen-bond donors (Lipinski definition) is 1. The minimum atomic E-state index is -3.06. The number of nitrogens with zero attached hydrogens (tertiary/aromatic N) is 2. The molecule has 0 spiro atoms. The topological polar surface area (TPSA) is 88.2 Å². The summed E-state index contributed by atoms with van der Waals surface area (Å²) in [7, 11) is 0.763.